The number of rotatable bonds is 7. The Kier molecular flexibility index (Phi) is 8.89. The molecule has 0 spiro atoms. The zero-order chi connectivity index (χ0) is 28.4. The number of halogens is 4. The Bertz CT molecular complexity index is 1700. The zero-order valence-corrected chi connectivity index (χ0v) is 25.6. The van der Waals surface area contributed by atoms with Gasteiger partial charge in [0.15, 0.2) is 0 Å². The second-order valence-corrected chi connectivity index (χ2v) is 12.1. The van der Waals surface area contributed by atoms with Crippen molar-refractivity contribution in [1.29, 1.82) is 0 Å². The molecule has 4 aromatic rings. The predicted octanol–water partition coefficient (Wildman–Crippen LogP) is 8.65. The van der Waals surface area contributed by atoms with E-state index in [-0.39, 0.29) is 29.5 Å². The Morgan fingerprint density at radius 2 is 1.82 bits per heavy atom. The number of nitro groups is 1. The van der Waals surface area contributed by atoms with Gasteiger partial charge in [0.2, 0.25) is 5.75 Å². The maximum Gasteiger partial charge on any atom is 0.312 e. The van der Waals surface area contributed by atoms with Gasteiger partial charge in [0.05, 0.1) is 32.1 Å². The van der Waals surface area contributed by atoms with Crippen molar-refractivity contribution < 1.29 is 9.66 Å². The molecule has 1 heterocycles. The molecule has 1 saturated carbocycles. The number of aromatic nitrogens is 2. The largest absolute Gasteiger partial charge is 0.481 e. The van der Waals surface area contributed by atoms with Crippen molar-refractivity contribution >= 4 is 77.9 Å². The highest BCUT2D eigenvalue weighted by atomic mass is 79.9. The fourth-order valence-electron chi connectivity index (χ4n) is 4.80. The number of benzene rings is 3. The van der Waals surface area contributed by atoms with Crippen LogP contribution in [0.15, 0.2) is 67.4 Å². The van der Waals surface area contributed by atoms with Gasteiger partial charge in [-0.15, -0.1) is 0 Å². The average molecular weight is 709 g/mol. The normalized spacial score (nSPS) is 14.2. The molecule has 3 aromatic carbocycles. The Labute approximate surface area is 256 Å². The van der Waals surface area contributed by atoms with Gasteiger partial charge in [0, 0.05) is 26.5 Å². The third-order valence-electron chi connectivity index (χ3n) is 6.74. The molecule has 206 valence electrons. The molecular weight excluding hydrogens is 687 g/mol. The van der Waals surface area contributed by atoms with Crippen LogP contribution in [0.5, 0.6) is 5.75 Å². The number of nitro benzene ring substituents is 1. The van der Waals surface area contributed by atoms with Crippen LogP contribution in [-0.2, 0) is 6.61 Å². The van der Waals surface area contributed by atoms with E-state index in [1.807, 2.05) is 12.1 Å². The Morgan fingerprint density at radius 1 is 1.05 bits per heavy atom. The van der Waals surface area contributed by atoms with Crippen molar-refractivity contribution in [2.45, 2.75) is 44.6 Å². The molecular formula is C28H22Br2Cl2N4O4. The monoisotopic (exact) mass is 706 g/mol. The van der Waals surface area contributed by atoms with Gasteiger partial charge >= 0.3 is 5.69 Å². The minimum absolute atomic E-state index is 0.000962. The van der Waals surface area contributed by atoms with Crippen molar-refractivity contribution in [3.8, 4) is 5.75 Å². The van der Waals surface area contributed by atoms with Crippen LogP contribution in [0.4, 0.5) is 5.69 Å². The van der Waals surface area contributed by atoms with Crippen molar-refractivity contribution in [1.82, 2.24) is 9.66 Å². The second kappa shape index (κ2) is 12.4. The average Bonchev–Trinajstić information content (AvgIpc) is 2.94. The summed E-state index contributed by atoms with van der Waals surface area (Å²) in [6, 6.07) is 13.4. The summed E-state index contributed by atoms with van der Waals surface area (Å²) in [4.78, 5) is 30.0. The lowest BCUT2D eigenvalue weighted by molar-refractivity contribution is -0.386. The predicted molar refractivity (Wildman–Crippen MR) is 164 cm³/mol. The summed E-state index contributed by atoms with van der Waals surface area (Å²) in [6.45, 7) is -0.000962. The third kappa shape index (κ3) is 6.25. The molecule has 0 unspecified atom stereocenters. The van der Waals surface area contributed by atoms with E-state index < -0.39 is 4.92 Å². The van der Waals surface area contributed by atoms with Crippen LogP contribution in [-0.4, -0.2) is 20.8 Å². The molecule has 12 heteroatoms. The van der Waals surface area contributed by atoms with Gasteiger partial charge in [-0.25, -0.2) is 4.98 Å². The zero-order valence-electron chi connectivity index (χ0n) is 20.9. The molecule has 0 bridgehead atoms. The third-order valence-corrected chi connectivity index (χ3v) is 8.43. The van der Waals surface area contributed by atoms with E-state index in [1.165, 1.54) is 17.0 Å². The smallest absolute Gasteiger partial charge is 0.312 e. The molecule has 0 N–H and O–H groups in total. The van der Waals surface area contributed by atoms with Gasteiger partial charge in [0.25, 0.3) is 5.56 Å². The summed E-state index contributed by atoms with van der Waals surface area (Å²) in [7, 11) is 0. The minimum Gasteiger partial charge on any atom is -0.481 e. The molecule has 0 amide bonds. The highest BCUT2D eigenvalue weighted by molar-refractivity contribution is 9.10. The fourth-order valence-corrected chi connectivity index (χ4v) is 5.94. The first-order valence-electron chi connectivity index (χ1n) is 12.5. The number of nitrogens with zero attached hydrogens (tertiary/aromatic N) is 4. The lowest BCUT2D eigenvalue weighted by Gasteiger charge is -2.22. The first kappa shape index (κ1) is 28.7. The van der Waals surface area contributed by atoms with E-state index in [4.69, 9.17) is 32.9 Å². The standard InChI is InChI=1S/C28H22Br2Cl2N4O4/c29-19-7-9-24-21(12-19)28(37)35(27(34-24)17-4-2-1-3-5-17)33-14-18-11-20(30)13-25(36(38)39)26(18)40-15-16-6-8-22(31)23(32)10-16/h6-14,17H,1-5,15H2. The number of hydrogen-bond acceptors (Lipinski definition) is 6. The van der Waals surface area contributed by atoms with Gasteiger partial charge in [-0.2, -0.15) is 9.78 Å². The summed E-state index contributed by atoms with van der Waals surface area (Å²) in [5, 5.41) is 17.7. The van der Waals surface area contributed by atoms with E-state index in [0.29, 0.717) is 42.4 Å². The first-order chi connectivity index (χ1) is 19.2. The molecule has 40 heavy (non-hydrogen) atoms. The molecule has 8 nitrogen and oxygen atoms in total. The fraction of sp³-hybridized carbons (Fsp3) is 0.250. The van der Waals surface area contributed by atoms with Crippen LogP contribution in [0.2, 0.25) is 10.0 Å². The summed E-state index contributed by atoms with van der Waals surface area (Å²) in [6.07, 6.45) is 6.46. The number of hydrogen-bond donors (Lipinski definition) is 0. The SMILES string of the molecule is O=c1c2cc(Br)ccc2nc(C2CCCCC2)n1N=Cc1cc(Br)cc([N+](=O)[O-])c1OCc1ccc(Cl)c(Cl)c1. The summed E-state index contributed by atoms with van der Waals surface area (Å²) in [5.41, 5.74) is 1.03. The highest BCUT2D eigenvalue weighted by Crippen LogP contribution is 2.36. The Balaban J connectivity index is 1.60. The van der Waals surface area contributed by atoms with Gasteiger partial charge in [-0.05, 0) is 54.8 Å². The molecule has 0 radical (unpaired) electrons. The molecule has 1 fully saturated rings. The molecule has 0 saturated heterocycles. The molecule has 1 aromatic heterocycles. The summed E-state index contributed by atoms with van der Waals surface area (Å²) >= 11 is 18.9. The van der Waals surface area contributed by atoms with Crippen LogP contribution in [0.25, 0.3) is 10.9 Å². The van der Waals surface area contributed by atoms with E-state index >= 15 is 0 Å². The maximum atomic E-state index is 13.7. The van der Waals surface area contributed by atoms with Crippen molar-refractivity contribution in [2.75, 3.05) is 0 Å². The molecule has 5 rings (SSSR count). The van der Waals surface area contributed by atoms with Gasteiger partial charge < -0.3 is 4.74 Å². The number of ether oxygens (including phenoxy) is 1. The molecule has 1 aliphatic carbocycles. The number of fused-ring (bicyclic) bond motifs is 1. The maximum absolute atomic E-state index is 13.7. The second-order valence-electron chi connectivity index (χ2n) is 9.47. The van der Waals surface area contributed by atoms with Crippen molar-refractivity contribution in [2.24, 2.45) is 5.10 Å². The Morgan fingerprint density at radius 3 is 2.55 bits per heavy atom. The van der Waals surface area contributed by atoms with Gasteiger partial charge in [-0.1, -0.05) is 80.4 Å². The van der Waals surface area contributed by atoms with E-state index in [1.54, 1.807) is 30.3 Å². The quantitative estimate of drug-likeness (QED) is 0.109. The van der Waals surface area contributed by atoms with Crippen LogP contribution in [0, 0.1) is 10.1 Å². The topological polar surface area (TPSA) is 99.6 Å². The van der Waals surface area contributed by atoms with Crippen LogP contribution < -0.4 is 10.3 Å². The minimum atomic E-state index is -0.527. The van der Waals surface area contributed by atoms with E-state index in [9.17, 15) is 14.9 Å². The van der Waals surface area contributed by atoms with Crippen LogP contribution >= 0.6 is 55.1 Å². The Hall–Kier alpha value is -2.79. The first-order valence-corrected chi connectivity index (χ1v) is 14.9. The highest BCUT2D eigenvalue weighted by Gasteiger charge is 2.24. The van der Waals surface area contributed by atoms with Gasteiger partial charge in [0.1, 0.15) is 12.4 Å². The summed E-state index contributed by atoms with van der Waals surface area (Å²) < 4.78 is 8.48. The van der Waals surface area contributed by atoms with Crippen LogP contribution in [0.3, 0.4) is 0 Å². The van der Waals surface area contributed by atoms with E-state index in [2.05, 4.69) is 37.0 Å². The molecule has 1 aliphatic rings. The van der Waals surface area contributed by atoms with E-state index in [0.717, 1.165) is 36.6 Å². The molecule has 0 atom stereocenters. The lowest BCUT2D eigenvalue weighted by atomic mass is 9.88. The van der Waals surface area contributed by atoms with Crippen molar-refractivity contribution in [3.63, 3.8) is 0 Å². The molecule has 0 aliphatic heterocycles. The van der Waals surface area contributed by atoms with Gasteiger partial charge in [-0.3, -0.25) is 14.9 Å². The lowest BCUT2D eigenvalue weighted by Crippen LogP contribution is -2.25. The van der Waals surface area contributed by atoms with Crippen LogP contribution in [0.1, 0.15) is 55.0 Å². The van der Waals surface area contributed by atoms with Crippen molar-refractivity contribution in [3.05, 3.63) is 105 Å². The summed E-state index contributed by atoms with van der Waals surface area (Å²) in [5.74, 6) is 0.666.